The van der Waals surface area contributed by atoms with Crippen molar-refractivity contribution in [1.82, 2.24) is 0 Å². The van der Waals surface area contributed by atoms with Gasteiger partial charge in [-0.1, -0.05) is 17.9 Å². The summed E-state index contributed by atoms with van der Waals surface area (Å²) < 4.78 is 9.89. The van der Waals surface area contributed by atoms with E-state index in [4.69, 9.17) is 14.6 Å². The van der Waals surface area contributed by atoms with E-state index < -0.39 is 5.97 Å². The van der Waals surface area contributed by atoms with Crippen molar-refractivity contribution in [3.8, 4) is 17.6 Å². The molecule has 0 aromatic heterocycles. The third kappa shape index (κ3) is 5.02. The van der Waals surface area contributed by atoms with E-state index in [-0.39, 0.29) is 18.8 Å². The Morgan fingerprint density at radius 2 is 2.10 bits per heavy atom. The normalized spacial score (nSPS) is 9.30. The summed E-state index contributed by atoms with van der Waals surface area (Å²) in [4.78, 5) is 21.8. The van der Waals surface area contributed by atoms with Gasteiger partial charge in [0.2, 0.25) is 0 Å². The molecule has 0 aliphatic carbocycles. The van der Waals surface area contributed by atoms with E-state index >= 15 is 0 Å². The van der Waals surface area contributed by atoms with Crippen molar-refractivity contribution < 1.29 is 24.2 Å². The molecule has 0 atom stereocenters. The quantitative estimate of drug-likeness (QED) is 0.653. The molecule has 0 unspecified atom stereocenters. The van der Waals surface area contributed by atoms with Crippen LogP contribution < -0.4 is 4.74 Å². The number of rotatable bonds is 5. The van der Waals surface area contributed by atoms with Crippen LogP contribution in [0.3, 0.4) is 0 Å². The van der Waals surface area contributed by atoms with Gasteiger partial charge < -0.3 is 14.6 Å². The number of carboxylic acids is 1. The largest absolute Gasteiger partial charge is 0.496 e. The van der Waals surface area contributed by atoms with Crippen LogP contribution in [-0.4, -0.2) is 30.8 Å². The molecule has 0 spiro atoms. The number of methoxy groups -OCH3 is 1. The number of hydrogen-bond donors (Lipinski definition) is 1. The molecule has 1 N–H and O–H groups in total. The van der Waals surface area contributed by atoms with Gasteiger partial charge in [-0.05, 0) is 19.1 Å². The van der Waals surface area contributed by atoms with Crippen molar-refractivity contribution in [2.24, 2.45) is 0 Å². The fourth-order valence-electron chi connectivity index (χ4n) is 1.56. The Kier molecular flexibility index (Phi) is 6.11. The minimum Gasteiger partial charge on any atom is -0.496 e. The van der Waals surface area contributed by atoms with Gasteiger partial charge in [-0.3, -0.25) is 9.59 Å². The van der Waals surface area contributed by atoms with Gasteiger partial charge in [0.05, 0.1) is 20.1 Å². The Morgan fingerprint density at radius 3 is 2.70 bits per heavy atom. The average Bonchev–Trinajstić information content (AvgIpc) is 2.40. The first-order valence-corrected chi connectivity index (χ1v) is 6.10. The van der Waals surface area contributed by atoms with Crippen molar-refractivity contribution in [3.05, 3.63) is 29.3 Å². The standard InChI is InChI=1S/C15H16O5/c1-3-20-15(18)6-4-5-11-7-8-12(10-14(16)17)13(9-11)19-2/h7-9H,3,6,10H2,1-2H3,(H,16,17). The fourth-order valence-corrected chi connectivity index (χ4v) is 1.56. The summed E-state index contributed by atoms with van der Waals surface area (Å²) in [5.41, 5.74) is 1.23. The van der Waals surface area contributed by atoms with Gasteiger partial charge in [0.15, 0.2) is 0 Å². The number of carbonyl (C=O) groups excluding carboxylic acids is 1. The molecule has 1 rings (SSSR count). The monoisotopic (exact) mass is 276 g/mol. The predicted molar refractivity (Wildman–Crippen MR) is 72.5 cm³/mol. The van der Waals surface area contributed by atoms with Crippen molar-refractivity contribution in [2.75, 3.05) is 13.7 Å². The average molecular weight is 276 g/mol. The minimum absolute atomic E-state index is 0.0209. The molecule has 0 saturated carbocycles. The Bertz CT molecular complexity index is 551. The Hall–Kier alpha value is -2.48. The molecular weight excluding hydrogens is 260 g/mol. The van der Waals surface area contributed by atoms with Crippen LogP contribution in [0, 0.1) is 11.8 Å². The molecular formula is C15H16O5. The highest BCUT2D eigenvalue weighted by Crippen LogP contribution is 2.20. The van der Waals surface area contributed by atoms with Gasteiger partial charge in [-0.2, -0.15) is 0 Å². The second-order valence-electron chi connectivity index (χ2n) is 3.88. The molecule has 0 aliphatic rings. The second kappa shape index (κ2) is 7.85. The van der Waals surface area contributed by atoms with Crippen molar-refractivity contribution in [3.63, 3.8) is 0 Å². The van der Waals surface area contributed by atoms with Gasteiger partial charge in [0, 0.05) is 11.1 Å². The molecule has 0 radical (unpaired) electrons. The lowest BCUT2D eigenvalue weighted by Crippen LogP contribution is -2.02. The molecule has 5 nitrogen and oxygen atoms in total. The first-order valence-electron chi connectivity index (χ1n) is 6.10. The third-order valence-corrected chi connectivity index (χ3v) is 2.40. The molecule has 5 heteroatoms. The topological polar surface area (TPSA) is 72.8 Å². The van der Waals surface area contributed by atoms with Crippen LogP contribution in [0.15, 0.2) is 18.2 Å². The molecule has 0 amide bonds. The number of esters is 1. The highest BCUT2D eigenvalue weighted by Gasteiger charge is 2.07. The number of benzene rings is 1. The van der Waals surface area contributed by atoms with Crippen LogP contribution in [0.25, 0.3) is 0 Å². The maximum atomic E-state index is 11.1. The number of ether oxygens (including phenoxy) is 2. The fraction of sp³-hybridized carbons (Fsp3) is 0.333. The molecule has 0 aliphatic heterocycles. The molecule has 1 aromatic rings. The summed E-state index contributed by atoms with van der Waals surface area (Å²) >= 11 is 0. The molecule has 0 saturated heterocycles. The van der Waals surface area contributed by atoms with E-state index in [0.29, 0.717) is 23.5 Å². The zero-order valence-electron chi connectivity index (χ0n) is 11.4. The summed E-state index contributed by atoms with van der Waals surface area (Å²) in [6, 6.07) is 5.00. The first kappa shape index (κ1) is 15.6. The van der Waals surface area contributed by atoms with Crippen LogP contribution in [-0.2, 0) is 20.7 Å². The third-order valence-electron chi connectivity index (χ3n) is 2.40. The predicted octanol–water partition coefficient (Wildman–Crippen LogP) is 1.63. The summed E-state index contributed by atoms with van der Waals surface area (Å²) in [6.45, 7) is 2.07. The molecule has 20 heavy (non-hydrogen) atoms. The van der Waals surface area contributed by atoms with Crippen molar-refractivity contribution >= 4 is 11.9 Å². The maximum Gasteiger partial charge on any atom is 0.317 e. The molecule has 0 bridgehead atoms. The van der Waals surface area contributed by atoms with Crippen molar-refractivity contribution in [1.29, 1.82) is 0 Å². The molecule has 1 aromatic carbocycles. The highest BCUT2D eigenvalue weighted by atomic mass is 16.5. The lowest BCUT2D eigenvalue weighted by molar-refractivity contribution is -0.142. The van der Waals surface area contributed by atoms with Crippen molar-refractivity contribution in [2.45, 2.75) is 19.8 Å². The smallest absolute Gasteiger partial charge is 0.317 e. The SMILES string of the molecule is CCOC(=O)CC#Cc1ccc(CC(=O)O)c(OC)c1. The lowest BCUT2D eigenvalue weighted by Gasteiger charge is -2.06. The summed E-state index contributed by atoms with van der Waals surface area (Å²) in [6.07, 6.45) is -0.0905. The lowest BCUT2D eigenvalue weighted by atomic mass is 10.1. The number of hydrogen-bond acceptors (Lipinski definition) is 4. The zero-order valence-corrected chi connectivity index (χ0v) is 11.4. The highest BCUT2D eigenvalue weighted by molar-refractivity contribution is 5.73. The number of aliphatic carboxylic acids is 1. The van der Waals surface area contributed by atoms with E-state index in [2.05, 4.69) is 11.8 Å². The van der Waals surface area contributed by atoms with E-state index in [1.807, 2.05) is 0 Å². The van der Waals surface area contributed by atoms with E-state index in [0.717, 1.165) is 0 Å². The molecule has 106 valence electrons. The van der Waals surface area contributed by atoms with Crippen LogP contribution in [0.2, 0.25) is 0 Å². The summed E-state index contributed by atoms with van der Waals surface area (Å²) in [5, 5.41) is 8.77. The second-order valence-corrected chi connectivity index (χ2v) is 3.88. The summed E-state index contributed by atoms with van der Waals surface area (Å²) in [5.74, 6) is 4.69. The van der Waals surface area contributed by atoms with E-state index in [1.54, 1.807) is 25.1 Å². The first-order chi connectivity index (χ1) is 9.56. The van der Waals surface area contributed by atoms with Gasteiger partial charge in [0.25, 0.3) is 0 Å². The zero-order chi connectivity index (χ0) is 15.0. The van der Waals surface area contributed by atoms with Crippen LogP contribution >= 0.6 is 0 Å². The Morgan fingerprint density at radius 1 is 1.35 bits per heavy atom. The van der Waals surface area contributed by atoms with Crippen LogP contribution in [0.4, 0.5) is 0 Å². The number of carbonyl (C=O) groups is 2. The number of carboxylic acid groups (broad SMARTS) is 1. The van der Waals surface area contributed by atoms with Gasteiger partial charge in [-0.25, -0.2) is 0 Å². The van der Waals surface area contributed by atoms with Gasteiger partial charge >= 0.3 is 11.9 Å². The Labute approximate surface area is 117 Å². The van der Waals surface area contributed by atoms with Gasteiger partial charge in [-0.15, -0.1) is 0 Å². The maximum absolute atomic E-state index is 11.1. The molecule has 0 fully saturated rings. The summed E-state index contributed by atoms with van der Waals surface area (Å²) in [7, 11) is 1.47. The minimum atomic E-state index is -0.926. The van der Waals surface area contributed by atoms with Crippen LogP contribution in [0.5, 0.6) is 5.75 Å². The van der Waals surface area contributed by atoms with E-state index in [1.165, 1.54) is 7.11 Å². The molecule has 0 heterocycles. The van der Waals surface area contributed by atoms with Crippen LogP contribution in [0.1, 0.15) is 24.5 Å². The Balaban J connectivity index is 2.80. The van der Waals surface area contributed by atoms with Gasteiger partial charge in [0.1, 0.15) is 12.2 Å². The van der Waals surface area contributed by atoms with E-state index in [9.17, 15) is 9.59 Å².